The molecule has 56 heavy (non-hydrogen) atoms. The number of para-hydroxylation sites is 2. The highest BCUT2D eigenvalue weighted by Crippen LogP contribution is 2.41. The minimum absolute atomic E-state index is 0.00651. The summed E-state index contributed by atoms with van der Waals surface area (Å²) in [6, 6.07) is 47.6. The Balaban J connectivity index is 1.16. The average molecular weight is 777 g/mol. The lowest BCUT2D eigenvalue weighted by molar-refractivity contribution is 0.592. The van der Waals surface area contributed by atoms with E-state index in [0.29, 0.717) is 0 Å². The Morgan fingerprint density at radius 1 is 0.321 bits per heavy atom. The fourth-order valence-corrected chi connectivity index (χ4v) is 10.2. The van der Waals surface area contributed by atoms with Crippen LogP contribution in [0.4, 0.5) is 34.1 Å². The molecule has 0 aliphatic carbocycles. The molecular weight excluding hydrogens is 733 g/mol. The van der Waals surface area contributed by atoms with Gasteiger partial charge in [-0.15, -0.1) is 0 Å². The van der Waals surface area contributed by atoms with E-state index in [1.54, 1.807) is 24.3 Å². The Kier molecular flexibility index (Phi) is 10.5. The fraction of sp³-hybridized carbons (Fsp3) is 0.125. The van der Waals surface area contributed by atoms with Crippen LogP contribution in [0.15, 0.2) is 177 Å². The van der Waals surface area contributed by atoms with E-state index in [4.69, 9.17) is 0 Å². The van der Waals surface area contributed by atoms with E-state index in [1.807, 2.05) is 84.9 Å². The summed E-state index contributed by atoms with van der Waals surface area (Å²) >= 11 is 0. The molecule has 0 aromatic heterocycles. The van der Waals surface area contributed by atoms with Crippen molar-refractivity contribution in [3.63, 3.8) is 0 Å². The van der Waals surface area contributed by atoms with Gasteiger partial charge in [-0.1, -0.05) is 71.8 Å². The number of hydrogen-bond donors (Lipinski definition) is 0. The van der Waals surface area contributed by atoms with Crippen LogP contribution in [-0.4, -0.2) is 16.8 Å². The first-order valence-corrected chi connectivity index (χ1v) is 21.4. The Hall–Kier alpha value is -5.96. The number of rotatable bonds is 10. The number of nitrogens with zero attached hydrogens (tertiary/aromatic N) is 2. The van der Waals surface area contributed by atoms with E-state index in [2.05, 4.69) is 75.6 Å². The topological polar surface area (TPSA) is 74.8 Å². The summed E-state index contributed by atoms with van der Waals surface area (Å²) in [6.07, 6.45) is 0. The van der Waals surface area contributed by atoms with Gasteiger partial charge >= 0.3 is 0 Å². The SMILES string of the molecule is Cc1cc(C)c(N(c2ccccc2)c2ccc(S(=O)(=O)c3ccc(S(=O)(=O)c4ccc(N(c5ccccc5)c5c(C)cc(C)cc5C)cc4)cc3)cc2)c(C)c1. The molecule has 0 atom stereocenters. The summed E-state index contributed by atoms with van der Waals surface area (Å²) in [5.41, 5.74) is 12.4. The van der Waals surface area contributed by atoms with Gasteiger partial charge in [0.2, 0.25) is 19.7 Å². The van der Waals surface area contributed by atoms with Gasteiger partial charge < -0.3 is 9.80 Å². The van der Waals surface area contributed by atoms with Crippen LogP contribution < -0.4 is 9.80 Å². The van der Waals surface area contributed by atoms with Gasteiger partial charge in [-0.05, 0) is 161 Å². The van der Waals surface area contributed by atoms with Crippen LogP contribution in [-0.2, 0) is 19.7 Å². The van der Waals surface area contributed by atoms with E-state index < -0.39 is 19.7 Å². The van der Waals surface area contributed by atoms with Crippen LogP contribution in [0.2, 0.25) is 0 Å². The van der Waals surface area contributed by atoms with E-state index in [1.165, 1.54) is 35.4 Å². The van der Waals surface area contributed by atoms with E-state index in [9.17, 15) is 16.8 Å². The zero-order chi connectivity index (χ0) is 39.8. The van der Waals surface area contributed by atoms with Gasteiger partial charge in [0.05, 0.1) is 31.0 Å². The molecule has 0 amide bonds. The predicted octanol–water partition coefficient (Wildman–Crippen LogP) is 12.1. The molecule has 0 aliphatic rings. The quantitative estimate of drug-likeness (QED) is 0.138. The number of benzene rings is 7. The molecule has 0 N–H and O–H groups in total. The monoisotopic (exact) mass is 776 g/mol. The molecule has 0 radical (unpaired) electrons. The Bertz CT molecular complexity index is 2510. The van der Waals surface area contributed by atoms with Gasteiger partial charge in [0.15, 0.2) is 0 Å². The number of aryl methyl sites for hydroxylation is 6. The van der Waals surface area contributed by atoms with Crippen molar-refractivity contribution in [2.24, 2.45) is 0 Å². The molecule has 282 valence electrons. The molecule has 7 rings (SSSR count). The molecule has 0 spiro atoms. The summed E-state index contributed by atoms with van der Waals surface area (Å²) in [4.78, 5) is 4.51. The zero-order valence-corrected chi connectivity index (χ0v) is 34.0. The Morgan fingerprint density at radius 2 is 0.554 bits per heavy atom. The lowest BCUT2D eigenvalue weighted by Crippen LogP contribution is -2.13. The van der Waals surface area contributed by atoms with Gasteiger partial charge in [0, 0.05) is 22.7 Å². The lowest BCUT2D eigenvalue weighted by Gasteiger charge is -2.29. The van der Waals surface area contributed by atoms with Crippen molar-refractivity contribution in [2.45, 2.75) is 61.1 Å². The summed E-state index contributed by atoms with van der Waals surface area (Å²) in [5, 5.41) is 0. The van der Waals surface area contributed by atoms with Crippen LogP contribution >= 0.6 is 0 Å². The fourth-order valence-electron chi connectivity index (χ4n) is 7.64. The smallest absolute Gasteiger partial charge is 0.206 e. The maximum atomic E-state index is 13.9. The molecule has 7 aromatic rings. The highest BCUT2D eigenvalue weighted by Gasteiger charge is 2.24. The molecule has 0 fully saturated rings. The minimum Gasteiger partial charge on any atom is -0.310 e. The molecule has 0 saturated heterocycles. The maximum absolute atomic E-state index is 13.9. The minimum atomic E-state index is -3.96. The zero-order valence-electron chi connectivity index (χ0n) is 32.4. The van der Waals surface area contributed by atoms with Crippen LogP contribution in [0.3, 0.4) is 0 Å². The Morgan fingerprint density at radius 3 is 0.821 bits per heavy atom. The Labute approximate surface area is 331 Å². The third kappa shape index (κ3) is 7.38. The molecule has 7 aromatic carbocycles. The van der Waals surface area contributed by atoms with Gasteiger partial charge in [-0.3, -0.25) is 0 Å². The number of anilines is 6. The number of sulfone groups is 2. The van der Waals surface area contributed by atoms with Crippen LogP contribution in [0.1, 0.15) is 33.4 Å². The highest BCUT2D eigenvalue weighted by molar-refractivity contribution is 7.92. The second-order valence-electron chi connectivity index (χ2n) is 14.3. The normalized spacial score (nSPS) is 11.7. The largest absolute Gasteiger partial charge is 0.310 e. The molecule has 0 bridgehead atoms. The van der Waals surface area contributed by atoms with Gasteiger partial charge in [-0.2, -0.15) is 0 Å². The highest BCUT2D eigenvalue weighted by atomic mass is 32.2. The van der Waals surface area contributed by atoms with Gasteiger partial charge in [-0.25, -0.2) is 16.8 Å². The summed E-state index contributed by atoms with van der Waals surface area (Å²) < 4.78 is 55.5. The summed E-state index contributed by atoms with van der Waals surface area (Å²) in [7, 11) is -7.91. The standard InChI is InChI=1S/C48H44N2O4S2/c1-33-29-35(3)47(36(4)30-33)49(39-13-9-7-10-14-39)41-17-21-43(22-18-41)55(51,52)45-25-27-46(28-26-45)56(53,54)44-23-19-42(20-24-44)50(40-15-11-8-12-16-40)48-37(5)31-34(2)32-38(48)6/h7-32H,1-6H3. The van der Waals surface area contributed by atoms with E-state index in [0.717, 1.165) is 56.4 Å². The summed E-state index contributed by atoms with van der Waals surface area (Å²) in [5.74, 6) is 0. The van der Waals surface area contributed by atoms with Crippen molar-refractivity contribution in [1.82, 2.24) is 0 Å². The third-order valence-corrected chi connectivity index (χ3v) is 13.6. The van der Waals surface area contributed by atoms with Crippen molar-refractivity contribution < 1.29 is 16.8 Å². The molecule has 6 nitrogen and oxygen atoms in total. The van der Waals surface area contributed by atoms with Crippen LogP contribution in [0.25, 0.3) is 0 Å². The molecule has 8 heteroatoms. The van der Waals surface area contributed by atoms with Crippen LogP contribution in [0, 0.1) is 41.5 Å². The second kappa shape index (κ2) is 15.3. The third-order valence-electron chi connectivity index (χ3n) is 10.0. The van der Waals surface area contributed by atoms with Crippen molar-refractivity contribution >= 4 is 53.8 Å². The van der Waals surface area contributed by atoms with Crippen molar-refractivity contribution in [3.8, 4) is 0 Å². The maximum Gasteiger partial charge on any atom is 0.206 e. The molecule has 0 heterocycles. The molecule has 0 aliphatic heterocycles. The van der Waals surface area contributed by atoms with Crippen molar-refractivity contribution in [3.05, 3.63) is 191 Å². The first-order chi connectivity index (χ1) is 26.8. The average Bonchev–Trinajstić information content (AvgIpc) is 3.18. The first kappa shape index (κ1) is 38.3. The summed E-state index contributed by atoms with van der Waals surface area (Å²) in [6.45, 7) is 12.5. The van der Waals surface area contributed by atoms with E-state index >= 15 is 0 Å². The molecule has 0 saturated carbocycles. The van der Waals surface area contributed by atoms with Gasteiger partial charge in [0.25, 0.3) is 0 Å². The van der Waals surface area contributed by atoms with Gasteiger partial charge in [0.1, 0.15) is 0 Å². The predicted molar refractivity (Wildman–Crippen MR) is 228 cm³/mol. The van der Waals surface area contributed by atoms with Crippen molar-refractivity contribution in [2.75, 3.05) is 9.80 Å². The number of hydrogen-bond acceptors (Lipinski definition) is 6. The first-order valence-electron chi connectivity index (χ1n) is 18.4. The molecular formula is C48H44N2O4S2. The molecule has 0 unspecified atom stereocenters. The van der Waals surface area contributed by atoms with Crippen molar-refractivity contribution in [1.29, 1.82) is 0 Å². The lowest BCUT2D eigenvalue weighted by atomic mass is 10.0. The van der Waals surface area contributed by atoms with E-state index in [-0.39, 0.29) is 19.6 Å². The van der Waals surface area contributed by atoms with Crippen LogP contribution in [0.5, 0.6) is 0 Å². The second-order valence-corrected chi connectivity index (χ2v) is 18.2.